The number of rotatable bonds is 3. The lowest BCUT2D eigenvalue weighted by Crippen LogP contribution is -2.60. The highest BCUT2D eigenvalue weighted by Crippen LogP contribution is 2.28. The monoisotopic (exact) mass is 279 g/mol. The summed E-state index contributed by atoms with van der Waals surface area (Å²) in [5.74, 6) is 0.732. The number of thiazole rings is 1. The summed E-state index contributed by atoms with van der Waals surface area (Å²) in [6, 6.07) is 1.51. The Morgan fingerprint density at radius 3 is 3.00 bits per heavy atom. The molecular weight excluding hydrogens is 254 g/mol. The quantitative estimate of drug-likeness (QED) is 0.848. The standard InChI is InChI=1S/C15H25N3S/c1-12(2)15-10-17-6-4-3-5-13(17)8-18(15)9-14-7-16-11-19-14/h7,11-13,15H,3-6,8-10H2,1-2H3. The summed E-state index contributed by atoms with van der Waals surface area (Å²) >= 11 is 1.79. The van der Waals surface area contributed by atoms with Crippen LogP contribution in [0.5, 0.6) is 0 Å². The van der Waals surface area contributed by atoms with Crippen molar-refractivity contribution in [2.45, 2.75) is 51.7 Å². The molecule has 3 heterocycles. The SMILES string of the molecule is CC(C)C1CN2CCCCC2CN1Cc1cncs1. The van der Waals surface area contributed by atoms with Gasteiger partial charge in [-0.2, -0.15) is 0 Å². The van der Waals surface area contributed by atoms with E-state index in [1.165, 1.54) is 43.8 Å². The molecule has 2 aliphatic rings. The fourth-order valence-electron chi connectivity index (χ4n) is 3.60. The van der Waals surface area contributed by atoms with Crippen LogP contribution in [0.2, 0.25) is 0 Å². The molecule has 3 rings (SSSR count). The normalized spacial score (nSPS) is 29.6. The Morgan fingerprint density at radius 1 is 1.37 bits per heavy atom. The van der Waals surface area contributed by atoms with Crippen molar-refractivity contribution in [2.75, 3.05) is 19.6 Å². The van der Waals surface area contributed by atoms with E-state index in [9.17, 15) is 0 Å². The smallest absolute Gasteiger partial charge is 0.0794 e. The molecule has 2 unspecified atom stereocenters. The Balaban J connectivity index is 1.72. The van der Waals surface area contributed by atoms with E-state index in [4.69, 9.17) is 0 Å². The molecule has 0 bridgehead atoms. The predicted octanol–water partition coefficient (Wildman–Crippen LogP) is 2.84. The predicted molar refractivity (Wildman–Crippen MR) is 80.4 cm³/mol. The number of piperidine rings is 1. The number of fused-ring (bicyclic) bond motifs is 1. The molecule has 0 aromatic carbocycles. The third-order valence-corrected chi connectivity index (χ3v) is 5.46. The van der Waals surface area contributed by atoms with Crippen molar-refractivity contribution < 1.29 is 0 Å². The van der Waals surface area contributed by atoms with Gasteiger partial charge in [-0.15, -0.1) is 11.3 Å². The van der Waals surface area contributed by atoms with E-state index in [-0.39, 0.29) is 0 Å². The van der Waals surface area contributed by atoms with E-state index in [0.717, 1.165) is 18.5 Å². The first-order valence-corrected chi connectivity index (χ1v) is 8.47. The first-order valence-electron chi connectivity index (χ1n) is 7.59. The van der Waals surface area contributed by atoms with Crippen molar-refractivity contribution in [1.29, 1.82) is 0 Å². The zero-order chi connectivity index (χ0) is 13.2. The maximum absolute atomic E-state index is 4.22. The molecule has 2 saturated heterocycles. The molecule has 1 aromatic heterocycles. The molecule has 0 aliphatic carbocycles. The van der Waals surface area contributed by atoms with Crippen molar-refractivity contribution >= 4 is 11.3 Å². The topological polar surface area (TPSA) is 19.4 Å². The largest absolute Gasteiger partial charge is 0.298 e. The van der Waals surface area contributed by atoms with Crippen LogP contribution >= 0.6 is 11.3 Å². The van der Waals surface area contributed by atoms with Gasteiger partial charge >= 0.3 is 0 Å². The molecule has 19 heavy (non-hydrogen) atoms. The Morgan fingerprint density at radius 2 is 2.26 bits per heavy atom. The summed E-state index contributed by atoms with van der Waals surface area (Å²) in [4.78, 5) is 11.1. The highest BCUT2D eigenvalue weighted by atomic mass is 32.1. The molecule has 4 heteroatoms. The van der Waals surface area contributed by atoms with Gasteiger partial charge in [-0.3, -0.25) is 14.8 Å². The summed E-state index contributed by atoms with van der Waals surface area (Å²) in [7, 11) is 0. The lowest BCUT2D eigenvalue weighted by Gasteiger charge is -2.49. The van der Waals surface area contributed by atoms with Crippen LogP contribution in [-0.2, 0) is 6.54 Å². The molecule has 3 nitrogen and oxygen atoms in total. The van der Waals surface area contributed by atoms with Crippen LogP contribution in [0.3, 0.4) is 0 Å². The molecule has 2 aliphatic heterocycles. The van der Waals surface area contributed by atoms with Gasteiger partial charge in [-0.25, -0.2) is 0 Å². The van der Waals surface area contributed by atoms with Gasteiger partial charge < -0.3 is 0 Å². The molecule has 2 fully saturated rings. The van der Waals surface area contributed by atoms with Gasteiger partial charge in [0, 0.05) is 42.8 Å². The molecule has 106 valence electrons. The molecule has 0 radical (unpaired) electrons. The third-order valence-electron chi connectivity index (χ3n) is 4.70. The summed E-state index contributed by atoms with van der Waals surface area (Å²) < 4.78 is 0. The second-order valence-corrected chi connectivity index (χ2v) is 7.32. The van der Waals surface area contributed by atoms with Gasteiger partial charge in [0.15, 0.2) is 0 Å². The lowest BCUT2D eigenvalue weighted by molar-refractivity contribution is -0.0113. The van der Waals surface area contributed by atoms with Gasteiger partial charge in [-0.1, -0.05) is 20.3 Å². The van der Waals surface area contributed by atoms with Crippen LogP contribution in [0.4, 0.5) is 0 Å². The fourth-order valence-corrected chi connectivity index (χ4v) is 4.22. The van der Waals surface area contributed by atoms with Crippen LogP contribution in [0, 0.1) is 5.92 Å². The minimum Gasteiger partial charge on any atom is -0.298 e. The summed E-state index contributed by atoms with van der Waals surface area (Å²) in [6.45, 7) is 9.67. The molecule has 0 N–H and O–H groups in total. The highest BCUT2D eigenvalue weighted by molar-refractivity contribution is 7.09. The average Bonchev–Trinajstić information content (AvgIpc) is 2.90. The summed E-state index contributed by atoms with van der Waals surface area (Å²) in [6.07, 6.45) is 6.25. The first-order chi connectivity index (χ1) is 9.24. The van der Waals surface area contributed by atoms with Crippen molar-refractivity contribution in [3.63, 3.8) is 0 Å². The van der Waals surface area contributed by atoms with Crippen molar-refractivity contribution in [1.82, 2.24) is 14.8 Å². The zero-order valence-electron chi connectivity index (χ0n) is 12.1. The fraction of sp³-hybridized carbons (Fsp3) is 0.800. The second kappa shape index (κ2) is 5.90. The van der Waals surface area contributed by atoms with Gasteiger partial charge in [0.2, 0.25) is 0 Å². The number of aromatic nitrogens is 1. The van der Waals surface area contributed by atoms with Gasteiger partial charge in [0.25, 0.3) is 0 Å². The molecular formula is C15H25N3S. The maximum atomic E-state index is 4.22. The average molecular weight is 279 g/mol. The minimum absolute atomic E-state index is 0.705. The lowest BCUT2D eigenvalue weighted by atomic mass is 9.92. The van der Waals surface area contributed by atoms with Gasteiger partial charge in [0.05, 0.1) is 5.51 Å². The van der Waals surface area contributed by atoms with E-state index in [1.54, 1.807) is 11.3 Å². The van der Waals surface area contributed by atoms with Gasteiger partial charge in [0.1, 0.15) is 0 Å². The Labute approximate surface area is 120 Å². The van der Waals surface area contributed by atoms with E-state index in [0.29, 0.717) is 6.04 Å². The molecule has 0 saturated carbocycles. The molecule has 0 amide bonds. The van der Waals surface area contributed by atoms with Crippen molar-refractivity contribution in [3.8, 4) is 0 Å². The molecule has 2 atom stereocenters. The first kappa shape index (κ1) is 13.5. The molecule has 0 spiro atoms. The third kappa shape index (κ3) is 3.01. The van der Waals surface area contributed by atoms with Crippen LogP contribution < -0.4 is 0 Å². The second-order valence-electron chi connectivity index (χ2n) is 6.35. The summed E-state index contributed by atoms with van der Waals surface area (Å²) in [5, 5.41) is 0. The Kier molecular flexibility index (Phi) is 4.20. The van der Waals surface area contributed by atoms with Crippen molar-refractivity contribution in [2.24, 2.45) is 5.92 Å². The van der Waals surface area contributed by atoms with Crippen molar-refractivity contribution in [3.05, 3.63) is 16.6 Å². The number of piperazine rings is 1. The Bertz CT molecular complexity index is 390. The van der Waals surface area contributed by atoms with Crippen LogP contribution in [0.1, 0.15) is 38.0 Å². The van der Waals surface area contributed by atoms with Gasteiger partial charge in [-0.05, 0) is 25.3 Å². The highest BCUT2D eigenvalue weighted by Gasteiger charge is 2.36. The van der Waals surface area contributed by atoms with Crippen LogP contribution in [0.15, 0.2) is 11.7 Å². The van der Waals surface area contributed by atoms with Crippen LogP contribution in [-0.4, -0.2) is 46.5 Å². The van der Waals surface area contributed by atoms with E-state index < -0.39 is 0 Å². The Hall–Kier alpha value is -0.450. The number of hydrogen-bond acceptors (Lipinski definition) is 4. The molecule has 1 aromatic rings. The number of nitrogens with zero attached hydrogens (tertiary/aromatic N) is 3. The van der Waals surface area contributed by atoms with E-state index >= 15 is 0 Å². The van der Waals surface area contributed by atoms with E-state index in [2.05, 4.69) is 28.6 Å². The zero-order valence-corrected chi connectivity index (χ0v) is 12.9. The summed E-state index contributed by atoms with van der Waals surface area (Å²) in [5.41, 5.74) is 1.95. The maximum Gasteiger partial charge on any atom is 0.0794 e. The minimum atomic E-state index is 0.705. The van der Waals surface area contributed by atoms with Crippen LogP contribution in [0.25, 0.3) is 0 Å². The van der Waals surface area contributed by atoms with E-state index in [1.807, 2.05) is 11.7 Å². The number of hydrogen-bond donors (Lipinski definition) is 0.